The lowest BCUT2D eigenvalue weighted by Crippen LogP contribution is -2.52. The summed E-state index contributed by atoms with van der Waals surface area (Å²) in [6.45, 7) is 4.37. The Morgan fingerprint density at radius 3 is 3.00 bits per heavy atom. The van der Waals surface area contributed by atoms with Gasteiger partial charge in [0, 0.05) is 30.7 Å². The molecule has 18 heavy (non-hydrogen) atoms. The quantitative estimate of drug-likeness (QED) is 0.889. The largest absolute Gasteiger partial charge is 0.496 e. The number of nitrogens with zero attached hydrogens (tertiary/aromatic N) is 1. The van der Waals surface area contributed by atoms with Gasteiger partial charge in [-0.1, -0.05) is 11.6 Å². The Morgan fingerprint density at radius 2 is 2.33 bits per heavy atom. The van der Waals surface area contributed by atoms with Gasteiger partial charge in [0.1, 0.15) is 5.75 Å². The molecule has 1 atom stereocenters. The molecule has 0 bridgehead atoms. The summed E-state index contributed by atoms with van der Waals surface area (Å²) < 4.78 is 5.23. The minimum absolute atomic E-state index is 0.0247. The third kappa shape index (κ3) is 2.60. The second-order valence-corrected chi connectivity index (χ2v) is 4.83. The molecule has 1 aromatic carbocycles. The van der Waals surface area contributed by atoms with Crippen LogP contribution in [0.1, 0.15) is 17.3 Å². The first kappa shape index (κ1) is 13.2. The average Bonchev–Trinajstić information content (AvgIpc) is 2.38. The highest BCUT2D eigenvalue weighted by Crippen LogP contribution is 2.25. The van der Waals surface area contributed by atoms with Gasteiger partial charge in [0.15, 0.2) is 0 Å². The third-order valence-electron chi connectivity index (χ3n) is 3.15. The second kappa shape index (κ2) is 5.59. The standard InChI is InChI=1S/C13H17ClN2O2/c1-9-8-15-5-6-16(9)13(17)11-7-10(14)3-4-12(11)18-2/h3-4,7,9,15H,5-6,8H2,1-2H3/t9-/m1/s1. The molecule has 98 valence electrons. The van der Waals surface area contributed by atoms with Crippen molar-refractivity contribution in [2.24, 2.45) is 0 Å². The number of amides is 1. The van der Waals surface area contributed by atoms with Gasteiger partial charge in [-0.2, -0.15) is 0 Å². The van der Waals surface area contributed by atoms with Crippen molar-refractivity contribution >= 4 is 17.5 Å². The fourth-order valence-corrected chi connectivity index (χ4v) is 2.32. The van der Waals surface area contributed by atoms with Crippen LogP contribution in [0.2, 0.25) is 5.02 Å². The summed E-state index contributed by atoms with van der Waals surface area (Å²) in [4.78, 5) is 14.4. The average molecular weight is 269 g/mol. The Labute approximate surface area is 112 Å². The van der Waals surface area contributed by atoms with E-state index in [4.69, 9.17) is 16.3 Å². The number of rotatable bonds is 2. The summed E-state index contributed by atoms with van der Waals surface area (Å²) in [5.74, 6) is 0.540. The van der Waals surface area contributed by atoms with Crippen molar-refractivity contribution in [3.8, 4) is 5.75 Å². The Hall–Kier alpha value is -1.26. The summed E-state index contributed by atoms with van der Waals surface area (Å²) in [7, 11) is 1.56. The highest BCUT2D eigenvalue weighted by Gasteiger charge is 2.26. The van der Waals surface area contributed by atoms with Crippen molar-refractivity contribution in [1.29, 1.82) is 0 Å². The molecular formula is C13H17ClN2O2. The van der Waals surface area contributed by atoms with E-state index in [1.54, 1.807) is 25.3 Å². The van der Waals surface area contributed by atoms with E-state index in [0.29, 0.717) is 22.9 Å². The molecule has 1 N–H and O–H groups in total. The van der Waals surface area contributed by atoms with E-state index in [1.165, 1.54) is 0 Å². The topological polar surface area (TPSA) is 41.6 Å². The number of ether oxygens (including phenoxy) is 1. The Kier molecular flexibility index (Phi) is 4.09. The van der Waals surface area contributed by atoms with E-state index in [1.807, 2.05) is 11.8 Å². The van der Waals surface area contributed by atoms with Crippen LogP contribution in [0, 0.1) is 0 Å². The lowest BCUT2D eigenvalue weighted by molar-refractivity contribution is 0.0652. The first-order chi connectivity index (χ1) is 8.63. The van der Waals surface area contributed by atoms with E-state index in [2.05, 4.69) is 5.32 Å². The predicted molar refractivity (Wildman–Crippen MR) is 71.4 cm³/mol. The van der Waals surface area contributed by atoms with Crippen LogP contribution in [0.3, 0.4) is 0 Å². The Balaban J connectivity index is 2.29. The number of hydrogen-bond donors (Lipinski definition) is 1. The molecule has 0 aromatic heterocycles. The minimum atomic E-state index is -0.0247. The van der Waals surface area contributed by atoms with Gasteiger partial charge in [-0.15, -0.1) is 0 Å². The smallest absolute Gasteiger partial charge is 0.258 e. The zero-order chi connectivity index (χ0) is 13.1. The zero-order valence-electron chi connectivity index (χ0n) is 10.6. The molecule has 4 nitrogen and oxygen atoms in total. The monoisotopic (exact) mass is 268 g/mol. The molecule has 5 heteroatoms. The summed E-state index contributed by atoms with van der Waals surface area (Å²) in [6, 6.07) is 5.29. The van der Waals surface area contributed by atoms with Gasteiger partial charge in [-0.3, -0.25) is 4.79 Å². The summed E-state index contributed by atoms with van der Waals surface area (Å²) in [5, 5.41) is 3.80. The number of halogens is 1. The normalized spacial score (nSPS) is 19.7. The van der Waals surface area contributed by atoms with Crippen molar-refractivity contribution in [1.82, 2.24) is 10.2 Å². The van der Waals surface area contributed by atoms with Crippen LogP contribution in [0.25, 0.3) is 0 Å². The van der Waals surface area contributed by atoms with Crippen LogP contribution in [0.15, 0.2) is 18.2 Å². The van der Waals surface area contributed by atoms with E-state index in [-0.39, 0.29) is 11.9 Å². The van der Waals surface area contributed by atoms with E-state index < -0.39 is 0 Å². The van der Waals surface area contributed by atoms with Gasteiger partial charge >= 0.3 is 0 Å². The van der Waals surface area contributed by atoms with Gasteiger partial charge in [-0.05, 0) is 25.1 Å². The number of methoxy groups -OCH3 is 1. The highest BCUT2D eigenvalue weighted by atomic mass is 35.5. The molecule has 0 spiro atoms. The molecule has 1 amide bonds. The molecule has 1 fully saturated rings. The maximum atomic E-state index is 12.5. The number of hydrogen-bond acceptors (Lipinski definition) is 3. The van der Waals surface area contributed by atoms with Crippen molar-refractivity contribution in [3.05, 3.63) is 28.8 Å². The SMILES string of the molecule is COc1ccc(Cl)cc1C(=O)N1CCNC[C@H]1C. The number of benzene rings is 1. The summed E-state index contributed by atoms with van der Waals surface area (Å²) in [6.07, 6.45) is 0. The molecule has 0 saturated carbocycles. The molecule has 0 aliphatic carbocycles. The molecule has 1 saturated heterocycles. The molecule has 1 aliphatic rings. The molecule has 1 heterocycles. The number of carbonyl (C=O) groups is 1. The Bertz CT molecular complexity index is 451. The van der Waals surface area contributed by atoms with Gasteiger partial charge in [0.25, 0.3) is 5.91 Å². The lowest BCUT2D eigenvalue weighted by Gasteiger charge is -2.34. The van der Waals surface area contributed by atoms with Crippen molar-refractivity contribution in [2.45, 2.75) is 13.0 Å². The van der Waals surface area contributed by atoms with Crippen molar-refractivity contribution in [2.75, 3.05) is 26.7 Å². The molecule has 1 aromatic rings. The first-order valence-electron chi connectivity index (χ1n) is 5.98. The molecule has 0 radical (unpaired) electrons. The van der Waals surface area contributed by atoms with Crippen LogP contribution in [-0.4, -0.2) is 43.6 Å². The second-order valence-electron chi connectivity index (χ2n) is 4.40. The maximum Gasteiger partial charge on any atom is 0.258 e. The fourth-order valence-electron chi connectivity index (χ4n) is 2.14. The van der Waals surface area contributed by atoms with E-state index in [0.717, 1.165) is 13.1 Å². The maximum absolute atomic E-state index is 12.5. The van der Waals surface area contributed by atoms with Crippen LogP contribution in [0.4, 0.5) is 0 Å². The van der Waals surface area contributed by atoms with Gasteiger partial charge in [0.05, 0.1) is 12.7 Å². The van der Waals surface area contributed by atoms with Crippen LogP contribution in [0.5, 0.6) is 5.75 Å². The van der Waals surface area contributed by atoms with Crippen molar-refractivity contribution in [3.63, 3.8) is 0 Å². The van der Waals surface area contributed by atoms with E-state index >= 15 is 0 Å². The van der Waals surface area contributed by atoms with Crippen LogP contribution >= 0.6 is 11.6 Å². The van der Waals surface area contributed by atoms with Crippen LogP contribution < -0.4 is 10.1 Å². The minimum Gasteiger partial charge on any atom is -0.496 e. The molecular weight excluding hydrogens is 252 g/mol. The molecule has 2 rings (SSSR count). The summed E-state index contributed by atoms with van der Waals surface area (Å²) >= 11 is 5.95. The first-order valence-corrected chi connectivity index (χ1v) is 6.36. The number of nitrogens with one attached hydrogen (secondary N) is 1. The summed E-state index contributed by atoms with van der Waals surface area (Å²) in [5.41, 5.74) is 0.527. The Morgan fingerprint density at radius 1 is 1.56 bits per heavy atom. The fraction of sp³-hybridized carbons (Fsp3) is 0.462. The van der Waals surface area contributed by atoms with Gasteiger partial charge in [0.2, 0.25) is 0 Å². The zero-order valence-corrected chi connectivity index (χ0v) is 11.3. The number of carbonyl (C=O) groups excluding carboxylic acids is 1. The van der Waals surface area contributed by atoms with Gasteiger partial charge in [-0.25, -0.2) is 0 Å². The van der Waals surface area contributed by atoms with Crippen molar-refractivity contribution < 1.29 is 9.53 Å². The molecule has 1 aliphatic heterocycles. The number of piperazine rings is 1. The van der Waals surface area contributed by atoms with Gasteiger partial charge < -0.3 is 15.0 Å². The highest BCUT2D eigenvalue weighted by molar-refractivity contribution is 6.31. The lowest BCUT2D eigenvalue weighted by atomic mass is 10.1. The third-order valence-corrected chi connectivity index (χ3v) is 3.39. The van der Waals surface area contributed by atoms with E-state index in [9.17, 15) is 4.79 Å². The predicted octanol–water partition coefficient (Wildman–Crippen LogP) is 1.78. The van der Waals surface area contributed by atoms with Crippen LogP contribution in [-0.2, 0) is 0 Å². The molecule has 0 unspecified atom stereocenters.